The summed E-state index contributed by atoms with van der Waals surface area (Å²) in [7, 11) is 4.64. The fourth-order valence-corrected chi connectivity index (χ4v) is 17.1. The van der Waals surface area contributed by atoms with Crippen LogP contribution >= 0.6 is 0 Å². The Balaban J connectivity index is 0.643. The highest BCUT2D eigenvalue weighted by atomic mass is 16.7. The number of amides is 2. The number of anilines is 1. The summed E-state index contributed by atoms with van der Waals surface area (Å²) in [4.78, 5) is 116. The van der Waals surface area contributed by atoms with E-state index >= 15 is 4.79 Å². The standard InChI is InChI=1S/C96H144N12O23/c1-62-23-16-14-17-24-63(2)80(119-11)57-74-31-28-68(7)96(118,130-74)90(115)93(116)106-37-21-19-26-79(106)94(117)129-81(58-76(104-131-95(8,9)10)64(3)52-67(6)88(114)89(121-13)87(113)66(5)51-62)65(4)53-69-29-33-78(82(54-69)120-12)108-59-71(102-105-108)60-128-84(112)27-22-39-122-43-47-126-49-45-124-41-35-83(111)98-36-42-125-46-50-127-48-44-123-40-34-72(109)25-18-15-20-38-107-92-85(91(97)99-61-100-92)86(103-107)77-56-70-55-73(110)30-32-75(70)101-77/h14,16-17,23-24,30,32,52,55-56,59,61-62,64-66,68-69,74,78-82,88-89,101,110,114,118H,15,18-22,25-29,31,33-51,53-54,57-58,60H2,1-13H3,(H,98,111)(H2,97,99,100)/b17-14+,23-16+,63-24+,67-52+,104-76-/t62-,64-,65-,66-,68-,69+,74+,78+,79+,80+,81+,82-,88-,89+,96-/m1/s1. The van der Waals surface area contributed by atoms with Crippen molar-refractivity contribution in [1.29, 1.82) is 0 Å². The second kappa shape index (κ2) is 53.7. The van der Waals surface area contributed by atoms with Gasteiger partial charge in [-0.15, -0.1) is 5.10 Å². The first-order valence-corrected chi connectivity index (χ1v) is 46.7. The van der Waals surface area contributed by atoms with E-state index in [1.807, 2.05) is 103 Å². The van der Waals surface area contributed by atoms with Crippen LogP contribution in [0.4, 0.5) is 5.82 Å². The molecule has 15 atom stereocenters. The lowest BCUT2D eigenvalue weighted by Gasteiger charge is -2.42. The Labute approximate surface area is 769 Å². The van der Waals surface area contributed by atoms with E-state index in [0.29, 0.717) is 202 Å². The Morgan fingerprint density at radius 1 is 0.771 bits per heavy atom. The number of rotatable bonds is 42. The predicted molar refractivity (Wildman–Crippen MR) is 490 cm³/mol. The number of hydrogen-bond acceptors (Lipinski definition) is 30. The molecule has 2 amide bonds. The highest BCUT2D eigenvalue weighted by Gasteiger charge is 2.53. The third kappa shape index (κ3) is 32.9. The summed E-state index contributed by atoms with van der Waals surface area (Å²) in [6.07, 6.45) is 19.2. The number of ether oxygens (including phenoxy) is 12. The SMILES string of the molecule is CO[C@H]1C[C@@H]2CC[C@@H](C)[C@@](O)(O2)C(=O)C(=O)N2CCCC[C@H]2C(=O)O[C@H]([C@H](C)C[C@@H]2CC[C@H](n3cc(COC(=O)CCCOCCOCCOCCC(=O)NCCOCCOCCOCCC(=O)CCCCCn4nc(-c5cc6cc(O)ccc6[nH]5)c5c(N)ncnc54)nn3)[C@H](OC)C2)C/C(=N/OC(C)(C)C)[C@H](C)/C=C(\C)[C@@H](O)[C@@H](OC)C(=O)[C@H](C)C[C@H](C)/C=C/C=C/C=C/1C. The summed E-state index contributed by atoms with van der Waals surface area (Å²) in [5.41, 5.74) is 10.7. The number of H-pyrrole nitrogens is 1. The molecule has 2 bridgehead atoms. The van der Waals surface area contributed by atoms with Gasteiger partial charge in [-0.3, -0.25) is 28.8 Å². The zero-order valence-corrected chi connectivity index (χ0v) is 79.1. The van der Waals surface area contributed by atoms with Gasteiger partial charge in [0.1, 0.15) is 71.6 Å². The van der Waals surface area contributed by atoms with E-state index in [0.717, 1.165) is 47.9 Å². The highest BCUT2D eigenvalue weighted by Crippen LogP contribution is 2.41. The Hall–Kier alpha value is -9.11. The van der Waals surface area contributed by atoms with Gasteiger partial charge in [-0.25, -0.2) is 24.1 Å². The number of phenolic OH excluding ortho intramolecular Hbond substituents is 1. The fraction of sp³-hybridized carbons (Fsp3) is 0.677. The van der Waals surface area contributed by atoms with Crippen molar-refractivity contribution in [2.75, 3.05) is 119 Å². The number of esters is 2. The number of cyclic esters (lactones) is 1. The van der Waals surface area contributed by atoms with Crippen LogP contribution in [-0.2, 0) is 108 Å². The second-order valence-corrected chi connectivity index (χ2v) is 36.2. The van der Waals surface area contributed by atoms with Gasteiger partial charge in [0.2, 0.25) is 11.7 Å². The fourth-order valence-electron chi connectivity index (χ4n) is 17.1. The number of aromatic hydroxyl groups is 1. The van der Waals surface area contributed by atoms with Gasteiger partial charge in [0.25, 0.3) is 11.7 Å². The van der Waals surface area contributed by atoms with Crippen molar-refractivity contribution in [1.82, 2.24) is 49.9 Å². The van der Waals surface area contributed by atoms with Gasteiger partial charge < -0.3 is 97.9 Å². The number of carbonyl (C=O) groups is 7. The van der Waals surface area contributed by atoms with E-state index in [2.05, 4.69) is 30.6 Å². The normalized spacial score (nSPS) is 26.4. The van der Waals surface area contributed by atoms with Crippen LogP contribution in [0.15, 0.2) is 89.5 Å². The molecule has 3 aliphatic heterocycles. The number of oxime groups is 1. The van der Waals surface area contributed by atoms with Crippen LogP contribution in [0.25, 0.3) is 33.3 Å². The van der Waals surface area contributed by atoms with Gasteiger partial charge in [0.05, 0.1) is 120 Å². The van der Waals surface area contributed by atoms with E-state index in [1.54, 1.807) is 57.1 Å². The molecule has 726 valence electrons. The van der Waals surface area contributed by atoms with Crippen molar-refractivity contribution >= 4 is 74.6 Å². The van der Waals surface area contributed by atoms with Crippen molar-refractivity contribution in [3.05, 3.63) is 90.1 Å². The molecule has 2 saturated heterocycles. The second-order valence-electron chi connectivity index (χ2n) is 36.2. The summed E-state index contributed by atoms with van der Waals surface area (Å²) in [6, 6.07) is 5.63. The molecule has 5 aromatic rings. The van der Waals surface area contributed by atoms with Crippen LogP contribution in [0, 0.1) is 35.5 Å². The number of ketones is 3. The molecule has 0 radical (unpaired) electrons. The Bertz CT molecular complexity index is 4610. The first-order chi connectivity index (χ1) is 62.9. The summed E-state index contributed by atoms with van der Waals surface area (Å²) in [5, 5.41) is 56.9. The summed E-state index contributed by atoms with van der Waals surface area (Å²) >= 11 is 0. The monoisotopic (exact) mass is 1830 g/mol. The molecule has 4 aliphatic rings. The van der Waals surface area contributed by atoms with E-state index in [1.165, 1.54) is 18.3 Å². The molecule has 7 N–H and O–H groups in total. The number of hydrogen-bond donors (Lipinski definition) is 6. The van der Waals surface area contributed by atoms with E-state index < -0.39 is 89.3 Å². The molecule has 35 nitrogen and oxygen atoms in total. The van der Waals surface area contributed by atoms with Crippen LogP contribution in [-0.4, -0.2) is 275 Å². The maximum absolute atomic E-state index is 15.2. The molecular formula is C96H144N12O23. The first-order valence-electron chi connectivity index (χ1n) is 46.7. The smallest absolute Gasteiger partial charge is 0.329 e. The van der Waals surface area contributed by atoms with Crippen LogP contribution in [0.1, 0.15) is 209 Å². The minimum absolute atomic E-state index is 0.0116. The van der Waals surface area contributed by atoms with E-state index in [4.69, 9.17) is 77.7 Å². The van der Waals surface area contributed by atoms with Crippen molar-refractivity contribution in [2.24, 2.45) is 40.7 Å². The number of nitrogen functional groups attached to an aromatic ring is 1. The number of nitrogens with two attached hydrogens (primary N) is 1. The zero-order valence-electron chi connectivity index (χ0n) is 79.1. The lowest BCUT2D eigenvalue weighted by Crippen LogP contribution is -2.61. The van der Waals surface area contributed by atoms with E-state index in [-0.39, 0.29) is 98.6 Å². The number of nitrogens with one attached hydrogen (secondary N) is 2. The number of aromatic amines is 1. The van der Waals surface area contributed by atoms with Gasteiger partial charge in [-0.05, 0) is 171 Å². The number of allylic oxidation sites excluding steroid dienone is 6. The zero-order chi connectivity index (χ0) is 94.6. The summed E-state index contributed by atoms with van der Waals surface area (Å²) in [5.74, 6) is -7.66. The topological polar surface area (TPSA) is 444 Å². The summed E-state index contributed by atoms with van der Waals surface area (Å²) in [6.45, 7) is 23.4. The number of piperidine rings is 1. The lowest BCUT2D eigenvalue weighted by molar-refractivity contribution is -0.265. The molecule has 1 aliphatic carbocycles. The maximum Gasteiger partial charge on any atom is 0.329 e. The molecule has 0 unspecified atom stereocenters. The molecule has 1 saturated carbocycles. The number of aliphatic hydroxyl groups is 2. The Kier molecular flexibility index (Phi) is 43.3. The minimum Gasteiger partial charge on any atom is -0.508 e. The Morgan fingerprint density at radius 2 is 1.49 bits per heavy atom. The molecule has 4 aromatic heterocycles. The Morgan fingerprint density at radius 3 is 2.21 bits per heavy atom. The number of benzene rings is 1. The van der Waals surface area contributed by atoms with Crippen LogP contribution in [0.3, 0.4) is 0 Å². The average Bonchev–Trinajstić information content (AvgIpc) is 1.64. The number of fused-ring (bicyclic) bond motifs is 5. The number of aromatic nitrogens is 8. The lowest BCUT2D eigenvalue weighted by atomic mass is 9.77. The van der Waals surface area contributed by atoms with Crippen molar-refractivity contribution in [3.63, 3.8) is 0 Å². The van der Waals surface area contributed by atoms with Gasteiger partial charge in [0, 0.05) is 115 Å². The van der Waals surface area contributed by atoms with Gasteiger partial charge in [-0.2, -0.15) is 5.10 Å². The molecule has 131 heavy (non-hydrogen) atoms. The third-order valence-electron chi connectivity index (χ3n) is 24.7. The molecular weight excluding hydrogens is 1690 g/mol. The van der Waals surface area contributed by atoms with Gasteiger partial charge >= 0.3 is 11.9 Å². The van der Waals surface area contributed by atoms with Crippen molar-refractivity contribution in [3.8, 4) is 17.1 Å². The quantitative estimate of drug-likeness (QED) is 0.00695. The maximum atomic E-state index is 15.2. The molecule has 1 aromatic carbocycles. The number of phenols is 1. The van der Waals surface area contributed by atoms with Crippen LogP contribution in [0.2, 0.25) is 0 Å². The third-order valence-corrected chi connectivity index (χ3v) is 24.7. The minimum atomic E-state index is -2.48. The molecule has 35 heteroatoms. The first kappa shape index (κ1) is 106. The number of methoxy groups -OCH3 is 3. The summed E-state index contributed by atoms with van der Waals surface area (Å²) < 4.78 is 73.7. The largest absolute Gasteiger partial charge is 0.508 e. The number of nitrogens with zero attached hydrogens (tertiary/aromatic N) is 9. The van der Waals surface area contributed by atoms with Crippen molar-refractivity contribution < 1.29 is 111 Å². The van der Waals surface area contributed by atoms with Crippen LogP contribution in [0.5, 0.6) is 5.75 Å². The highest BCUT2D eigenvalue weighted by molar-refractivity contribution is 6.39. The van der Waals surface area contributed by atoms with E-state index in [9.17, 15) is 44.1 Å². The van der Waals surface area contributed by atoms with Gasteiger partial charge in [-0.1, -0.05) is 87.9 Å². The number of aliphatic hydroxyl groups excluding tert-OH is 1. The average molecular weight is 1830 g/mol. The predicted octanol–water partition coefficient (Wildman–Crippen LogP) is 11.5. The number of unbranched alkanes of at least 4 members (excludes halogenated alkanes) is 2. The number of Topliss-reactive ketones (excluding diaryl/α,β-unsaturated/α-hetero) is 3. The molecule has 3 fully saturated rings. The molecule has 0 spiro atoms. The number of aryl methyl sites for hydroxylation is 1. The van der Waals surface area contributed by atoms with Gasteiger partial charge in [0.15, 0.2) is 11.4 Å². The molecule has 9 rings (SSSR count). The van der Waals surface area contributed by atoms with Crippen LogP contribution < -0.4 is 11.1 Å². The number of carbonyl (C=O) groups excluding carboxylic acids is 7. The van der Waals surface area contributed by atoms with Crippen molar-refractivity contribution in [2.45, 2.75) is 271 Å². The molecule has 7 heterocycles.